The van der Waals surface area contributed by atoms with Gasteiger partial charge in [0.15, 0.2) is 5.75 Å². The van der Waals surface area contributed by atoms with E-state index in [1.54, 1.807) is 25.1 Å². The first-order chi connectivity index (χ1) is 11.0. The third-order valence-corrected chi connectivity index (χ3v) is 4.80. The summed E-state index contributed by atoms with van der Waals surface area (Å²) in [5.41, 5.74) is 0. The van der Waals surface area contributed by atoms with Crippen LogP contribution in [0.3, 0.4) is 0 Å². The lowest BCUT2D eigenvalue weighted by molar-refractivity contribution is -0.129. The minimum absolute atomic E-state index is 0.0437. The lowest BCUT2D eigenvalue weighted by atomic mass is 10.3. The van der Waals surface area contributed by atoms with Crippen LogP contribution in [0, 0.1) is 0 Å². The molecule has 0 aliphatic carbocycles. The first-order valence-electron chi connectivity index (χ1n) is 6.81. The summed E-state index contributed by atoms with van der Waals surface area (Å²) in [6.45, 7) is 1.66. The number of ether oxygens (including phenoxy) is 2. The van der Waals surface area contributed by atoms with Crippen molar-refractivity contribution in [3.05, 3.63) is 60.7 Å². The van der Waals surface area contributed by atoms with Crippen LogP contribution >= 0.6 is 0 Å². The number of methoxy groups -OCH3 is 1. The van der Waals surface area contributed by atoms with E-state index >= 15 is 0 Å². The maximum atomic E-state index is 12.8. The topological polar surface area (TPSA) is 69.7 Å². The highest BCUT2D eigenvalue weighted by molar-refractivity contribution is 7.91. The van der Waals surface area contributed by atoms with E-state index in [-0.39, 0.29) is 15.5 Å². The van der Waals surface area contributed by atoms with Crippen LogP contribution in [0.1, 0.15) is 6.92 Å². The van der Waals surface area contributed by atoms with Crippen molar-refractivity contribution in [1.29, 1.82) is 0 Å². The summed E-state index contributed by atoms with van der Waals surface area (Å²) in [5.74, 6) is -0.342. The van der Waals surface area contributed by atoms with Crippen LogP contribution in [-0.2, 0) is 14.6 Å². The van der Waals surface area contributed by atoms with Gasteiger partial charge in [-0.25, -0.2) is 13.2 Å². The molecule has 0 atom stereocenters. The van der Waals surface area contributed by atoms with E-state index in [0.717, 1.165) is 0 Å². The number of esters is 1. The number of allylic oxidation sites excluding steroid dienone is 1. The van der Waals surface area contributed by atoms with Crippen LogP contribution < -0.4 is 9.47 Å². The van der Waals surface area contributed by atoms with Crippen LogP contribution in [0.5, 0.6) is 11.5 Å². The molecule has 2 aromatic carbocycles. The molecule has 0 saturated heterocycles. The Morgan fingerprint density at radius 3 is 2.39 bits per heavy atom. The van der Waals surface area contributed by atoms with E-state index in [9.17, 15) is 13.2 Å². The molecule has 120 valence electrons. The van der Waals surface area contributed by atoms with Gasteiger partial charge in [-0.1, -0.05) is 24.3 Å². The zero-order chi connectivity index (χ0) is 16.9. The number of sulfone groups is 1. The number of hydrogen-bond donors (Lipinski definition) is 0. The van der Waals surface area contributed by atoms with Crippen molar-refractivity contribution in [2.75, 3.05) is 7.11 Å². The summed E-state index contributed by atoms with van der Waals surface area (Å²) >= 11 is 0. The Balaban J connectivity index is 2.57. The summed E-state index contributed by atoms with van der Waals surface area (Å²) in [6.07, 6.45) is 2.72. The zero-order valence-corrected chi connectivity index (χ0v) is 13.5. The van der Waals surface area contributed by atoms with Crippen LogP contribution in [0.4, 0.5) is 0 Å². The second kappa shape index (κ2) is 7.11. The van der Waals surface area contributed by atoms with Crippen molar-refractivity contribution in [3.63, 3.8) is 0 Å². The first-order valence-corrected chi connectivity index (χ1v) is 8.30. The van der Waals surface area contributed by atoms with Crippen LogP contribution in [0.25, 0.3) is 0 Å². The molecule has 0 spiro atoms. The molecule has 0 unspecified atom stereocenters. The maximum Gasteiger partial charge on any atom is 0.335 e. The molecule has 0 radical (unpaired) electrons. The van der Waals surface area contributed by atoms with Gasteiger partial charge < -0.3 is 9.47 Å². The fourth-order valence-corrected chi connectivity index (χ4v) is 3.33. The number of hydrogen-bond acceptors (Lipinski definition) is 5. The number of carbonyl (C=O) groups excluding carboxylic acids is 1. The molecule has 0 heterocycles. The normalized spacial score (nSPS) is 11.4. The van der Waals surface area contributed by atoms with Gasteiger partial charge >= 0.3 is 5.97 Å². The molecule has 2 rings (SSSR count). The number of benzene rings is 2. The lowest BCUT2D eigenvalue weighted by Gasteiger charge is -2.11. The van der Waals surface area contributed by atoms with Gasteiger partial charge in [-0.2, -0.15) is 0 Å². The Hall–Kier alpha value is -2.60. The third-order valence-electron chi connectivity index (χ3n) is 3.01. The van der Waals surface area contributed by atoms with E-state index in [1.807, 2.05) is 0 Å². The van der Waals surface area contributed by atoms with Crippen LogP contribution in [0.2, 0.25) is 0 Å². The second-order valence-corrected chi connectivity index (χ2v) is 6.47. The summed E-state index contributed by atoms with van der Waals surface area (Å²) in [4.78, 5) is 11.6. The van der Waals surface area contributed by atoms with Crippen LogP contribution in [0.15, 0.2) is 70.5 Å². The van der Waals surface area contributed by atoms with E-state index in [2.05, 4.69) is 0 Å². The van der Waals surface area contributed by atoms with E-state index < -0.39 is 15.8 Å². The summed E-state index contributed by atoms with van der Waals surface area (Å²) in [6, 6.07) is 12.2. The van der Waals surface area contributed by atoms with Gasteiger partial charge in [0.05, 0.1) is 12.0 Å². The molecule has 0 aliphatic rings. The van der Waals surface area contributed by atoms with Crippen LogP contribution in [-0.4, -0.2) is 21.5 Å². The molecule has 0 fully saturated rings. The quantitative estimate of drug-likeness (QED) is 0.478. The Bertz CT molecular complexity index is 823. The highest BCUT2D eigenvalue weighted by atomic mass is 32.2. The SMILES string of the molecule is C/C=C/C(=O)Oc1ccc(OC)cc1S(=O)(=O)c1ccccc1. The Labute approximate surface area is 135 Å². The van der Waals surface area contributed by atoms with Gasteiger partial charge in [0.25, 0.3) is 0 Å². The minimum atomic E-state index is -3.84. The average Bonchev–Trinajstić information content (AvgIpc) is 2.56. The smallest absolute Gasteiger partial charge is 0.335 e. The molecule has 0 aliphatic heterocycles. The van der Waals surface area contributed by atoms with Crippen molar-refractivity contribution in [1.82, 2.24) is 0 Å². The van der Waals surface area contributed by atoms with Crippen molar-refractivity contribution >= 4 is 15.8 Å². The Morgan fingerprint density at radius 2 is 1.78 bits per heavy atom. The second-order valence-electron chi connectivity index (χ2n) is 4.55. The molecular formula is C17H16O5S. The van der Waals surface area contributed by atoms with Gasteiger partial charge in [0, 0.05) is 12.1 Å². The van der Waals surface area contributed by atoms with Crippen molar-refractivity contribution in [3.8, 4) is 11.5 Å². The lowest BCUT2D eigenvalue weighted by Crippen LogP contribution is -2.10. The number of rotatable bonds is 5. The van der Waals surface area contributed by atoms with Crippen molar-refractivity contribution in [2.45, 2.75) is 16.7 Å². The molecule has 5 nitrogen and oxygen atoms in total. The molecule has 0 aromatic heterocycles. The largest absolute Gasteiger partial charge is 0.497 e. The molecule has 0 bridgehead atoms. The first kappa shape index (κ1) is 16.8. The zero-order valence-electron chi connectivity index (χ0n) is 12.7. The molecule has 6 heteroatoms. The summed E-state index contributed by atoms with van der Waals surface area (Å²) < 4.78 is 35.8. The average molecular weight is 332 g/mol. The summed E-state index contributed by atoms with van der Waals surface area (Å²) in [7, 11) is -2.41. The Kier molecular flexibility index (Phi) is 5.18. The van der Waals surface area contributed by atoms with E-state index in [4.69, 9.17) is 9.47 Å². The molecule has 0 amide bonds. The maximum absolute atomic E-state index is 12.8. The van der Waals surface area contributed by atoms with Gasteiger partial charge in [-0.3, -0.25) is 0 Å². The number of carbonyl (C=O) groups is 1. The third kappa shape index (κ3) is 3.78. The van der Waals surface area contributed by atoms with Gasteiger partial charge in [-0.15, -0.1) is 0 Å². The fraction of sp³-hybridized carbons (Fsp3) is 0.118. The highest BCUT2D eigenvalue weighted by Gasteiger charge is 2.24. The van der Waals surface area contributed by atoms with Gasteiger partial charge in [0.2, 0.25) is 9.84 Å². The predicted octanol–water partition coefficient (Wildman–Crippen LogP) is 3.01. The molecule has 0 saturated carbocycles. The highest BCUT2D eigenvalue weighted by Crippen LogP contribution is 2.32. The van der Waals surface area contributed by atoms with Crippen molar-refractivity contribution in [2.24, 2.45) is 0 Å². The summed E-state index contributed by atoms with van der Waals surface area (Å²) in [5, 5.41) is 0. The monoisotopic (exact) mass is 332 g/mol. The Morgan fingerprint density at radius 1 is 1.09 bits per heavy atom. The predicted molar refractivity (Wildman–Crippen MR) is 85.3 cm³/mol. The fourth-order valence-electron chi connectivity index (χ4n) is 1.91. The molecule has 2 aromatic rings. The molecular weight excluding hydrogens is 316 g/mol. The van der Waals surface area contributed by atoms with Gasteiger partial charge in [-0.05, 0) is 31.2 Å². The molecule has 0 N–H and O–H groups in total. The van der Waals surface area contributed by atoms with E-state index in [0.29, 0.717) is 5.75 Å². The van der Waals surface area contributed by atoms with Crippen molar-refractivity contribution < 1.29 is 22.7 Å². The standard InChI is InChI=1S/C17H16O5S/c1-3-7-17(18)22-15-11-10-13(21-2)12-16(15)23(19,20)14-8-5-4-6-9-14/h3-12H,1-2H3/b7-3+. The van der Waals surface area contributed by atoms with Gasteiger partial charge in [0.1, 0.15) is 10.6 Å². The minimum Gasteiger partial charge on any atom is -0.497 e. The molecule has 23 heavy (non-hydrogen) atoms. The van der Waals surface area contributed by atoms with E-state index in [1.165, 1.54) is 49.6 Å².